The standard InChI is InChI=1S/C17H19NO2/c1-12-7-13(2)9-16(8-12)17(20)18-10-14-5-3-4-6-15(14)11-19/h3-9,19H,10-11H2,1-2H3,(H,18,20). The van der Waals surface area contributed by atoms with E-state index in [0.29, 0.717) is 12.1 Å². The highest BCUT2D eigenvalue weighted by atomic mass is 16.3. The second kappa shape index (κ2) is 6.35. The van der Waals surface area contributed by atoms with Gasteiger partial charge in [0.15, 0.2) is 0 Å². The molecule has 0 unspecified atom stereocenters. The quantitative estimate of drug-likeness (QED) is 0.896. The van der Waals surface area contributed by atoms with Crippen molar-refractivity contribution in [3.63, 3.8) is 0 Å². The summed E-state index contributed by atoms with van der Waals surface area (Å²) in [5, 5.41) is 12.2. The van der Waals surface area contributed by atoms with Gasteiger partial charge < -0.3 is 10.4 Å². The van der Waals surface area contributed by atoms with Crippen LogP contribution >= 0.6 is 0 Å². The van der Waals surface area contributed by atoms with Crippen molar-refractivity contribution < 1.29 is 9.90 Å². The number of rotatable bonds is 4. The molecular formula is C17H19NO2. The Kier molecular flexibility index (Phi) is 4.53. The topological polar surface area (TPSA) is 49.3 Å². The molecule has 3 heteroatoms. The molecular weight excluding hydrogens is 250 g/mol. The third kappa shape index (κ3) is 3.45. The van der Waals surface area contributed by atoms with Gasteiger partial charge in [-0.05, 0) is 37.1 Å². The van der Waals surface area contributed by atoms with Gasteiger partial charge in [-0.1, -0.05) is 41.5 Å². The van der Waals surface area contributed by atoms with Gasteiger partial charge in [-0.2, -0.15) is 0 Å². The first-order chi connectivity index (χ1) is 9.60. The number of aryl methyl sites for hydroxylation is 2. The lowest BCUT2D eigenvalue weighted by atomic mass is 10.1. The molecule has 104 valence electrons. The van der Waals surface area contributed by atoms with Gasteiger partial charge >= 0.3 is 0 Å². The Balaban J connectivity index is 2.08. The monoisotopic (exact) mass is 269 g/mol. The van der Waals surface area contributed by atoms with E-state index in [1.807, 2.05) is 56.3 Å². The Morgan fingerprint density at radius 1 is 1.05 bits per heavy atom. The summed E-state index contributed by atoms with van der Waals surface area (Å²) in [6.45, 7) is 4.35. The van der Waals surface area contributed by atoms with Crippen molar-refractivity contribution in [1.82, 2.24) is 5.32 Å². The molecule has 0 saturated heterocycles. The number of aliphatic hydroxyl groups is 1. The maximum absolute atomic E-state index is 12.1. The smallest absolute Gasteiger partial charge is 0.251 e. The molecule has 2 rings (SSSR count). The minimum Gasteiger partial charge on any atom is -0.392 e. The fourth-order valence-electron chi connectivity index (χ4n) is 2.27. The number of amides is 1. The average Bonchev–Trinajstić information content (AvgIpc) is 2.44. The maximum atomic E-state index is 12.1. The third-order valence-corrected chi connectivity index (χ3v) is 3.21. The lowest BCUT2D eigenvalue weighted by Gasteiger charge is -2.10. The van der Waals surface area contributed by atoms with Crippen molar-refractivity contribution in [2.75, 3.05) is 0 Å². The fraction of sp³-hybridized carbons (Fsp3) is 0.235. The number of hydrogen-bond acceptors (Lipinski definition) is 2. The molecule has 0 bridgehead atoms. The molecule has 3 nitrogen and oxygen atoms in total. The number of carbonyl (C=O) groups is 1. The molecule has 0 heterocycles. The van der Waals surface area contributed by atoms with Crippen molar-refractivity contribution in [1.29, 1.82) is 0 Å². The van der Waals surface area contributed by atoms with Gasteiger partial charge in [0.2, 0.25) is 0 Å². The summed E-state index contributed by atoms with van der Waals surface area (Å²) in [6, 6.07) is 13.3. The molecule has 2 aromatic rings. The van der Waals surface area contributed by atoms with Gasteiger partial charge in [-0.15, -0.1) is 0 Å². The van der Waals surface area contributed by atoms with E-state index in [1.54, 1.807) is 0 Å². The van der Waals surface area contributed by atoms with Gasteiger partial charge in [0, 0.05) is 12.1 Å². The van der Waals surface area contributed by atoms with E-state index in [0.717, 1.165) is 22.3 Å². The molecule has 0 aliphatic heterocycles. The first kappa shape index (κ1) is 14.3. The van der Waals surface area contributed by atoms with Crippen LogP contribution < -0.4 is 5.32 Å². The second-order valence-corrected chi connectivity index (χ2v) is 4.99. The van der Waals surface area contributed by atoms with Gasteiger partial charge in [0.05, 0.1) is 6.61 Å². The van der Waals surface area contributed by atoms with Crippen LogP contribution in [0.15, 0.2) is 42.5 Å². The highest BCUT2D eigenvalue weighted by Gasteiger charge is 2.07. The average molecular weight is 269 g/mol. The zero-order valence-corrected chi connectivity index (χ0v) is 11.8. The molecule has 0 aliphatic rings. The molecule has 0 spiro atoms. The minimum absolute atomic E-state index is 0.0183. The Hall–Kier alpha value is -2.13. The van der Waals surface area contributed by atoms with E-state index < -0.39 is 0 Å². The normalized spacial score (nSPS) is 10.3. The van der Waals surface area contributed by atoms with Crippen molar-refractivity contribution in [3.8, 4) is 0 Å². The van der Waals surface area contributed by atoms with Crippen molar-refractivity contribution in [3.05, 3.63) is 70.3 Å². The zero-order chi connectivity index (χ0) is 14.5. The largest absolute Gasteiger partial charge is 0.392 e. The number of carbonyl (C=O) groups excluding carboxylic acids is 1. The molecule has 0 aliphatic carbocycles. The SMILES string of the molecule is Cc1cc(C)cc(C(=O)NCc2ccccc2CO)c1. The number of hydrogen-bond donors (Lipinski definition) is 2. The summed E-state index contributed by atoms with van der Waals surface area (Å²) in [6.07, 6.45) is 0. The Morgan fingerprint density at radius 3 is 2.25 bits per heavy atom. The second-order valence-electron chi connectivity index (χ2n) is 4.99. The molecule has 0 aromatic heterocycles. The lowest BCUT2D eigenvalue weighted by molar-refractivity contribution is 0.0950. The zero-order valence-electron chi connectivity index (χ0n) is 11.8. The first-order valence-corrected chi connectivity index (χ1v) is 6.64. The van der Waals surface area contributed by atoms with Gasteiger partial charge in [-0.3, -0.25) is 4.79 Å². The van der Waals surface area contributed by atoms with Crippen LogP contribution in [0.4, 0.5) is 0 Å². The van der Waals surface area contributed by atoms with Crippen LogP contribution in [0.5, 0.6) is 0 Å². The van der Waals surface area contributed by atoms with Crippen LogP contribution in [-0.2, 0) is 13.2 Å². The number of benzene rings is 2. The van der Waals surface area contributed by atoms with E-state index in [1.165, 1.54) is 0 Å². The van der Waals surface area contributed by atoms with Crippen LogP contribution in [0.25, 0.3) is 0 Å². The molecule has 2 aromatic carbocycles. The third-order valence-electron chi connectivity index (χ3n) is 3.21. The van der Waals surface area contributed by atoms with Crippen LogP contribution in [0.3, 0.4) is 0 Å². The Labute approximate surface area is 119 Å². The molecule has 0 radical (unpaired) electrons. The Morgan fingerprint density at radius 2 is 1.65 bits per heavy atom. The molecule has 2 N–H and O–H groups in total. The van der Waals surface area contributed by atoms with E-state index in [9.17, 15) is 9.90 Å². The summed E-state index contributed by atoms with van der Waals surface area (Å²) in [4.78, 5) is 12.1. The summed E-state index contributed by atoms with van der Waals surface area (Å²) >= 11 is 0. The molecule has 20 heavy (non-hydrogen) atoms. The maximum Gasteiger partial charge on any atom is 0.251 e. The molecule has 0 atom stereocenters. The minimum atomic E-state index is -0.0930. The first-order valence-electron chi connectivity index (χ1n) is 6.64. The predicted molar refractivity (Wildman–Crippen MR) is 79.5 cm³/mol. The molecule has 0 saturated carbocycles. The summed E-state index contributed by atoms with van der Waals surface area (Å²) < 4.78 is 0. The van der Waals surface area contributed by atoms with E-state index in [2.05, 4.69) is 5.32 Å². The molecule has 1 amide bonds. The van der Waals surface area contributed by atoms with Crippen LogP contribution in [0.2, 0.25) is 0 Å². The van der Waals surface area contributed by atoms with Crippen molar-refractivity contribution >= 4 is 5.91 Å². The summed E-state index contributed by atoms with van der Waals surface area (Å²) in [7, 11) is 0. The number of aliphatic hydroxyl groups excluding tert-OH is 1. The summed E-state index contributed by atoms with van der Waals surface area (Å²) in [5.74, 6) is -0.0930. The van der Waals surface area contributed by atoms with Crippen molar-refractivity contribution in [2.24, 2.45) is 0 Å². The fourth-order valence-corrected chi connectivity index (χ4v) is 2.27. The lowest BCUT2D eigenvalue weighted by Crippen LogP contribution is -2.23. The van der Waals surface area contributed by atoms with E-state index in [-0.39, 0.29) is 12.5 Å². The highest BCUT2D eigenvalue weighted by Crippen LogP contribution is 2.11. The van der Waals surface area contributed by atoms with Gasteiger partial charge in [-0.25, -0.2) is 0 Å². The molecule has 0 fully saturated rings. The Bertz CT molecular complexity index is 600. The van der Waals surface area contributed by atoms with E-state index in [4.69, 9.17) is 0 Å². The summed E-state index contributed by atoms with van der Waals surface area (Å²) in [5.41, 5.74) is 4.60. The van der Waals surface area contributed by atoms with Crippen LogP contribution in [-0.4, -0.2) is 11.0 Å². The van der Waals surface area contributed by atoms with Crippen molar-refractivity contribution in [2.45, 2.75) is 27.0 Å². The van der Waals surface area contributed by atoms with Gasteiger partial charge in [0.25, 0.3) is 5.91 Å². The van der Waals surface area contributed by atoms with Gasteiger partial charge in [0.1, 0.15) is 0 Å². The van der Waals surface area contributed by atoms with Crippen LogP contribution in [0, 0.1) is 13.8 Å². The predicted octanol–water partition coefficient (Wildman–Crippen LogP) is 2.73. The number of nitrogens with one attached hydrogen (secondary N) is 1. The highest BCUT2D eigenvalue weighted by molar-refractivity contribution is 5.94. The van der Waals surface area contributed by atoms with E-state index >= 15 is 0 Å². The van der Waals surface area contributed by atoms with Crippen LogP contribution in [0.1, 0.15) is 32.6 Å².